The van der Waals surface area contributed by atoms with Crippen LogP contribution in [-0.2, 0) is 0 Å². The highest BCUT2D eigenvalue weighted by atomic mass is 32.1. The molecule has 0 saturated carbocycles. The van der Waals surface area contributed by atoms with E-state index in [9.17, 15) is 9.18 Å². The first-order valence-corrected chi connectivity index (χ1v) is 6.06. The molecule has 0 spiro atoms. The third kappa shape index (κ3) is 4.29. The van der Waals surface area contributed by atoms with Crippen molar-refractivity contribution in [1.82, 2.24) is 16.2 Å². The lowest BCUT2D eigenvalue weighted by molar-refractivity contribution is 0.0939. The fourth-order valence-corrected chi connectivity index (χ4v) is 1.44. The van der Waals surface area contributed by atoms with Gasteiger partial charge in [0.05, 0.1) is 5.56 Å². The van der Waals surface area contributed by atoms with E-state index in [2.05, 4.69) is 16.2 Å². The molecule has 18 heavy (non-hydrogen) atoms. The molecule has 0 heterocycles. The average Bonchev–Trinajstić information content (AvgIpc) is 2.36. The lowest BCUT2D eigenvalue weighted by Gasteiger charge is -2.15. The summed E-state index contributed by atoms with van der Waals surface area (Å²) in [7, 11) is 0. The molecule has 0 aromatic heterocycles. The molecule has 0 aliphatic rings. The van der Waals surface area contributed by atoms with E-state index in [0.717, 1.165) is 6.42 Å². The van der Waals surface area contributed by atoms with E-state index in [1.165, 1.54) is 18.2 Å². The molecule has 6 heteroatoms. The van der Waals surface area contributed by atoms with Crippen LogP contribution < -0.4 is 16.2 Å². The molecular formula is C12H16FN3OS. The van der Waals surface area contributed by atoms with E-state index in [1.54, 1.807) is 6.07 Å². The lowest BCUT2D eigenvalue weighted by atomic mass is 10.2. The Labute approximate surface area is 111 Å². The molecule has 1 aromatic carbocycles. The maximum absolute atomic E-state index is 13.3. The van der Waals surface area contributed by atoms with E-state index < -0.39 is 11.7 Å². The molecule has 0 bridgehead atoms. The molecule has 4 nitrogen and oxygen atoms in total. The summed E-state index contributed by atoms with van der Waals surface area (Å²) >= 11 is 4.97. The van der Waals surface area contributed by atoms with Gasteiger partial charge in [-0.05, 0) is 37.7 Å². The molecule has 0 fully saturated rings. The van der Waals surface area contributed by atoms with E-state index in [-0.39, 0.29) is 11.6 Å². The van der Waals surface area contributed by atoms with E-state index in [0.29, 0.717) is 5.11 Å². The van der Waals surface area contributed by atoms with Gasteiger partial charge < -0.3 is 5.32 Å². The predicted octanol–water partition coefficient (Wildman–Crippen LogP) is 1.73. The number of benzene rings is 1. The molecule has 1 amide bonds. The standard InChI is InChI=1S/C12H16FN3OS/c1-3-8(2)14-12(18)16-15-11(17)9-6-4-5-7-10(9)13/h4-8H,3H2,1-2H3,(H,15,17)(H2,14,16,18)/t8-/m0/s1. The molecule has 1 aromatic rings. The number of carbonyl (C=O) groups excluding carboxylic acids is 1. The van der Waals surface area contributed by atoms with Gasteiger partial charge in [0.2, 0.25) is 0 Å². The summed E-state index contributed by atoms with van der Waals surface area (Å²) in [6.45, 7) is 3.98. The predicted molar refractivity (Wildman–Crippen MR) is 72.5 cm³/mol. The number of amides is 1. The molecule has 98 valence electrons. The normalized spacial score (nSPS) is 11.5. The van der Waals surface area contributed by atoms with Gasteiger partial charge in [0.15, 0.2) is 5.11 Å². The molecule has 1 rings (SSSR count). The van der Waals surface area contributed by atoms with Crippen LogP contribution in [-0.4, -0.2) is 17.1 Å². The Balaban J connectivity index is 2.47. The quantitative estimate of drug-likeness (QED) is 0.578. The van der Waals surface area contributed by atoms with E-state index in [1.807, 2.05) is 13.8 Å². The van der Waals surface area contributed by atoms with Gasteiger partial charge in [-0.2, -0.15) is 0 Å². The van der Waals surface area contributed by atoms with Crippen LogP contribution in [0.4, 0.5) is 4.39 Å². The zero-order chi connectivity index (χ0) is 13.5. The number of carbonyl (C=O) groups is 1. The smallest absolute Gasteiger partial charge is 0.272 e. The maximum Gasteiger partial charge on any atom is 0.272 e. The highest BCUT2D eigenvalue weighted by molar-refractivity contribution is 7.80. The van der Waals surface area contributed by atoms with Crippen LogP contribution in [0.3, 0.4) is 0 Å². The van der Waals surface area contributed by atoms with Gasteiger partial charge in [-0.15, -0.1) is 0 Å². The number of hydrogen-bond acceptors (Lipinski definition) is 2. The van der Waals surface area contributed by atoms with E-state index in [4.69, 9.17) is 12.2 Å². The Morgan fingerprint density at radius 3 is 2.67 bits per heavy atom. The van der Waals surface area contributed by atoms with Crippen molar-refractivity contribution in [1.29, 1.82) is 0 Å². The van der Waals surface area contributed by atoms with Gasteiger partial charge in [0.25, 0.3) is 5.91 Å². The van der Waals surface area contributed by atoms with Crippen molar-refractivity contribution < 1.29 is 9.18 Å². The van der Waals surface area contributed by atoms with Crippen LogP contribution in [0.5, 0.6) is 0 Å². The van der Waals surface area contributed by atoms with Gasteiger partial charge in [-0.1, -0.05) is 19.1 Å². The fourth-order valence-electron chi connectivity index (χ4n) is 1.19. The fraction of sp³-hybridized carbons (Fsp3) is 0.333. The Bertz CT molecular complexity index is 439. The van der Waals surface area contributed by atoms with Crippen LogP contribution >= 0.6 is 12.2 Å². The molecular weight excluding hydrogens is 253 g/mol. The van der Waals surface area contributed by atoms with E-state index >= 15 is 0 Å². The number of thiocarbonyl (C=S) groups is 1. The van der Waals surface area contributed by atoms with Gasteiger partial charge >= 0.3 is 0 Å². The Morgan fingerprint density at radius 1 is 1.39 bits per heavy atom. The summed E-state index contributed by atoms with van der Waals surface area (Å²) in [5.41, 5.74) is 4.83. The summed E-state index contributed by atoms with van der Waals surface area (Å²) in [6.07, 6.45) is 0.906. The van der Waals surface area contributed by atoms with Crippen molar-refractivity contribution >= 4 is 23.2 Å². The number of halogens is 1. The Morgan fingerprint density at radius 2 is 2.06 bits per heavy atom. The third-order valence-corrected chi connectivity index (χ3v) is 2.62. The minimum absolute atomic E-state index is 0.0312. The Hall–Kier alpha value is -1.69. The summed E-state index contributed by atoms with van der Waals surface area (Å²) in [6, 6.07) is 5.94. The highest BCUT2D eigenvalue weighted by Crippen LogP contribution is 2.05. The second-order valence-corrected chi connectivity index (χ2v) is 4.25. The van der Waals surface area contributed by atoms with Crippen molar-refractivity contribution in [2.24, 2.45) is 0 Å². The SMILES string of the molecule is CC[C@H](C)NC(=S)NNC(=O)c1ccccc1F. The summed E-state index contributed by atoms with van der Waals surface area (Å²) in [5.74, 6) is -1.14. The largest absolute Gasteiger partial charge is 0.359 e. The second kappa shape index (κ2) is 6.90. The van der Waals surface area contributed by atoms with Gasteiger partial charge in [-0.3, -0.25) is 15.6 Å². The van der Waals surface area contributed by atoms with Crippen molar-refractivity contribution in [2.75, 3.05) is 0 Å². The van der Waals surface area contributed by atoms with Crippen molar-refractivity contribution in [3.05, 3.63) is 35.6 Å². The summed E-state index contributed by atoms with van der Waals surface area (Å²) in [4.78, 5) is 11.6. The van der Waals surface area contributed by atoms with Crippen molar-refractivity contribution in [3.8, 4) is 0 Å². The minimum atomic E-state index is -0.572. The lowest BCUT2D eigenvalue weighted by Crippen LogP contribution is -2.49. The number of hydrazine groups is 1. The maximum atomic E-state index is 13.3. The Kier molecular flexibility index (Phi) is 5.51. The number of rotatable bonds is 3. The molecule has 0 aliphatic carbocycles. The zero-order valence-corrected chi connectivity index (χ0v) is 11.1. The summed E-state index contributed by atoms with van der Waals surface area (Å²) in [5, 5.41) is 3.26. The van der Waals surface area contributed by atoms with Crippen LogP contribution in [0.2, 0.25) is 0 Å². The summed E-state index contributed by atoms with van der Waals surface area (Å²) < 4.78 is 13.3. The van der Waals surface area contributed by atoms with Crippen LogP contribution in [0.15, 0.2) is 24.3 Å². The van der Waals surface area contributed by atoms with Gasteiger partial charge in [-0.25, -0.2) is 4.39 Å². The highest BCUT2D eigenvalue weighted by Gasteiger charge is 2.10. The average molecular weight is 269 g/mol. The van der Waals surface area contributed by atoms with Gasteiger partial charge in [0, 0.05) is 6.04 Å². The molecule has 3 N–H and O–H groups in total. The topological polar surface area (TPSA) is 53.2 Å². The van der Waals surface area contributed by atoms with Crippen LogP contribution in [0, 0.1) is 5.82 Å². The number of hydrogen-bond donors (Lipinski definition) is 3. The molecule has 0 unspecified atom stereocenters. The minimum Gasteiger partial charge on any atom is -0.359 e. The van der Waals surface area contributed by atoms with Crippen LogP contribution in [0.25, 0.3) is 0 Å². The molecule has 0 saturated heterocycles. The first-order valence-electron chi connectivity index (χ1n) is 5.66. The van der Waals surface area contributed by atoms with Crippen LogP contribution in [0.1, 0.15) is 30.6 Å². The molecule has 0 radical (unpaired) electrons. The molecule has 0 aliphatic heterocycles. The first kappa shape index (κ1) is 14.4. The third-order valence-electron chi connectivity index (χ3n) is 2.40. The van der Waals surface area contributed by atoms with Crippen molar-refractivity contribution in [2.45, 2.75) is 26.3 Å². The zero-order valence-electron chi connectivity index (χ0n) is 10.3. The second-order valence-electron chi connectivity index (χ2n) is 3.84. The van der Waals surface area contributed by atoms with Crippen molar-refractivity contribution in [3.63, 3.8) is 0 Å². The first-order chi connectivity index (χ1) is 8.54. The number of nitrogens with one attached hydrogen (secondary N) is 3. The molecule has 1 atom stereocenters. The monoisotopic (exact) mass is 269 g/mol. The van der Waals surface area contributed by atoms with Gasteiger partial charge in [0.1, 0.15) is 5.82 Å².